The summed E-state index contributed by atoms with van der Waals surface area (Å²) in [5.74, 6) is 0.742. The van der Waals surface area contributed by atoms with Crippen molar-refractivity contribution in [1.82, 2.24) is 10.3 Å². The molecule has 2 aromatic heterocycles. The van der Waals surface area contributed by atoms with Crippen LogP contribution >= 0.6 is 15.9 Å². The van der Waals surface area contributed by atoms with E-state index < -0.39 is 0 Å². The SMILES string of the molecule is O=C(c1ccc(-c2ccc(Br)cc2)o1)N(Cc1ccccn1)c1ccc(N2CCNCC2)cc1. The van der Waals surface area contributed by atoms with Gasteiger partial charge in [-0.05, 0) is 60.7 Å². The number of pyridine rings is 1. The molecule has 5 rings (SSSR count). The Hall–Kier alpha value is -3.42. The molecule has 0 radical (unpaired) electrons. The average molecular weight is 517 g/mol. The van der Waals surface area contributed by atoms with Gasteiger partial charge in [-0.3, -0.25) is 14.7 Å². The van der Waals surface area contributed by atoms with Crippen LogP contribution in [0, 0.1) is 0 Å². The second-order valence-electron chi connectivity index (χ2n) is 8.14. The van der Waals surface area contributed by atoms with E-state index in [1.54, 1.807) is 17.2 Å². The number of hydrogen-bond donors (Lipinski definition) is 1. The molecule has 1 saturated heterocycles. The fourth-order valence-corrected chi connectivity index (χ4v) is 4.32. The Morgan fingerprint density at radius 3 is 2.44 bits per heavy atom. The van der Waals surface area contributed by atoms with Crippen LogP contribution in [0.1, 0.15) is 16.2 Å². The summed E-state index contributed by atoms with van der Waals surface area (Å²) in [6, 6.07) is 25.3. The average Bonchev–Trinajstić information content (AvgIpc) is 3.39. The highest BCUT2D eigenvalue weighted by Crippen LogP contribution is 2.28. The molecule has 172 valence electrons. The standard InChI is InChI=1S/C27H25BrN4O2/c28-21-6-4-20(5-7-21)25-12-13-26(34-25)27(33)32(19-22-3-1-2-14-30-22)24-10-8-23(9-11-24)31-17-15-29-16-18-31/h1-14,29H,15-19H2. The summed E-state index contributed by atoms with van der Waals surface area (Å²) in [5.41, 5.74) is 3.68. The van der Waals surface area contributed by atoms with Gasteiger partial charge in [0, 0.05) is 53.8 Å². The number of furan rings is 1. The Balaban J connectivity index is 1.43. The zero-order valence-electron chi connectivity index (χ0n) is 18.7. The van der Waals surface area contributed by atoms with Gasteiger partial charge >= 0.3 is 0 Å². The van der Waals surface area contributed by atoms with Crippen LogP contribution in [0.25, 0.3) is 11.3 Å². The summed E-state index contributed by atoms with van der Waals surface area (Å²) in [6.07, 6.45) is 1.74. The van der Waals surface area contributed by atoms with Crippen molar-refractivity contribution in [3.8, 4) is 11.3 Å². The fourth-order valence-electron chi connectivity index (χ4n) is 4.06. The van der Waals surface area contributed by atoms with E-state index in [0.717, 1.165) is 53.3 Å². The number of nitrogens with zero attached hydrogens (tertiary/aromatic N) is 3. The lowest BCUT2D eigenvalue weighted by Crippen LogP contribution is -2.43. The molecule has 1 N–H and O–H groups in total. The van der Waals surface area contributed by atoms with Crippen LogP contribution in [-0.4, -0.2) is 37.1 Å². The predicted octanol–water partition coefficient (Wildman–Crippen LogP) is 5.36. The minimum absolute atomic E-state index is 0.205. The van der Waals surface area contributed by atoms with Crippen LogP contribution in [-0.2, 0) is 6.54 Å². The summed E-state index contributed by atoms with van der Waals surface area (Å²) in [5, 5.41) is 3.38. The second-order valence-corrected chi connectivity index (χ2v) is 9.05. The number of hydrogen-bond acceptors (Lipinski definition) is 5. The van der Waals surface area contributed by atoms with E-state index in [1.807, 2.05) is 60.7 Å². The maximum atomic E-state index is 13.6. The van der Waals surface area contributed by atoms with Gasteiger partial charge in [0.1, 0.15) is 5.76 Å². The molecule has 0 saturated carbocycles. The van der Waals surface area contributed by atoms with Gasteiger partial charge in [0.2, 0.25) is 0 Å². The third-order valence-corrected chi connectivity index (χ3v) is 6.41. The Kier molecular flexibility index (Phi) is 6.74. The highest BCUT2D eigenvalue weighted by Gasteiger charge is 2.23. The number of halogens is 1. The van der Waals surface area contributed by atoms with Crippen molar-refractivity contribution >= 4 is 33.2 Å². The number of carbonyl (C=O) groups excluding carboxylic acids is 1. The number of aromatic nitrogens is 1. The molecule has 4 aromatic rings. The molecular weight excluding hydrogens is 492 g/mol. The lowest BCUT2D eigenvalue weighted by atomic mass is 10.2. The Morgan fingerprint density at radius 1 is 0.971 bits per heavy atom. The minimum atomic E-state index is -0.205. The number of benzene rings is 2. The van der Waals surface area contributed by atoms with Crippen LogP contribution in [0.3, 0.4) is 0 Å². The van der Waals surface area contributed by atoms with E-state index >= 15 is 0 Å². The molecule has 0 bridgehead atoms. The fraction of sp³-hybridized carbons (Fsp3) is 0.185. The molecule has 1 fully saturated rings. The third kappa shape index (κ3) is 5.05. The Bertz CT molecular complexity index is 1230. The van der Waals surface area contributed by atoms with Crippen molar-refractivity contribution < 1.29 is 9.21 Å². The molecule has 34 heavy (non-hydrogen) atoms. The van der Waals surface area contributed by atoms with E-state index in [4.69, 9.17) is 4.42 Å². The molecule has 1 aliphatic rings. The zero-order valence-corrected chi connectivity index (χ0v) is 20.2. The third-order valence-electron chi connectivity index (χ3n) is 5.88. The van der Waals surface area contributed by atoms with E-state index in [2.05, 4.69) is 43.3 Å². The van der Waals surface area contributed by atoms with E-state index in [-0.39, 0.29) is 5.91 Å². The van der Waals surface area contributed by atoms with Crippen molar-refractivity contribution in [3.63, 3.8) is 0 Å². The maximum absolute atomic E-state index is 13.6. The normalized spacial score (nSPS) is 13.6. The van der Waals surface area contributed by atoms with E-state index in [9.17, 15) is 4.79 Å². The molecular formula is C27H25BrN4O2. The number of piperazine rings is 1. The first-order chi connectivity index (χ1) is 16.7. The van der Waals surface area contributed by atoms with Crippen molar-refractivity contribution in [1.29, 1.82) is 0 Å². The quantitative estimate of drug-likeness (QED) is 0.373. The molecule has 0 unspecified atom stereocenters. The topological polar surface area (TPSA) is 61.6 Å². The number of nitrogens with one attached hydrogen (secondary N) is 1. The lowest BCUT2D eigenvalue weighted by molar-refractivity contribution is 0.0959. The molecule has 0 aliphatic carbocycles. The van der Waals surface area contributed by atoms with Crippen LogP contribution < -0.4 is 15.1 Å². The molecule has 1 aliphatic heterocycles. The highest BCUT2D eigenvalue weighted by atomic mass is 79.9. The first kappa shape index (κ1) is 22.4. The van der Waals surface area contributed by atoms with Crippen molar-refractivity contribution in [2.75, 3.05) is 36.0 Å². The summed E-state index contributed by atoms with van der Waals surface area (Å²) in [6.45, 7) is 4.25. The molecule has 3 heterocycles. The van der Waals surface area contributed by atoms with Gasteiger partial charge in [-0.2, -0.15) is 0 Å². The zero-order chi connectivity index (χ0) is 23.3. The number of carbonyl (C=O) groups is 1. The van der Waals surface area contributed by atoms with Crippen molar-refractivity contribution in [3.05, 3.63) is 101 Å². The van der Waals surface area contributed by atoms with Crippen LogP contribution in [0.15, 0.2) is 93.9 Å². The van der Waals surface area contributed by atoms with Crippen molar-refractivity contribution in [2.45, 2.75) is 6.54 Å². The number of amides is 1. The Morgan fingerprint density at radius 2 is 1.74 bits per heavy atom. The minimum Gasteiger partial charge on any atom is -0.451 e. The van der Waals surface area contributed by atoms with E-state index in [1.165, 1.54) is 0 Å². The largest absolute Gasteiger partial charge is 0.451 e. The van der Waals surface area contributed by atoms with Gasteiger partial charge in [-0.1, -0.05) is 34.1 Å². The summed E-state index contributed by atoms with van der Waals surface area (Å²) in [4.78, 5) is 22.1. The summed E-state index contributed by atoms with van der Waals surface area (Å²) < 4.78 is 6.98. The Labute approximate surface area is 207 Å². The summed E-state index contributed by atoms with van der Waals surface area (Å²) >= 11 is 3.45. The van der Waals surface area contributed by atoms with Gasteiger partial charge in [0.25, 0.3) is 5.91 Å². The second kappa shape index (κ2) is 10.2. The lowest BCUT2D eigenvalue weighted by Gasteiger charge is -2.30. The van der Waals surface area contributed by atoms with Gasteiger partial charge in [0.05, 0.1) is 12.2 Å². The monoisotopic (exact) mass is 516 g/mol. The van der Waals surface area contributed by atoms with Crippen LogP contribution in [0.5, 0.6) is 0 Å². The van der Waals surface area contributed by atoms with Crippen LogP contribution in [0.4, 0.5) is 11.4 Å². The summed E-state index contributed by atoms with van der Waals surface area (Å²) in [7, 11) is 0. The van der Waals surface area contributed by atoms with Gasteiger partial charge in [-0.25, -0.2) is 0 Å². The molecule has 0 atom stereocenters. The highest BCUT2D eigenvalue weighted by molar-refractivity contribution is 9.10. The first-order valence-corrected chi connectivity index (χ1v) is 12.1. The van der Waals surface area contributed by atoms with Gasteiger partial charge in [0.15, 0.2) is 5.76 Å². The van der Waals surface area contributed by atoms with Crippen molar-refractivity contribution in [2.24, 2.45) is 0 Å². The van der Waals surface area contributed by atoms with E-state index in [0.29, 0.717) is 18.1 Å². The predicted molar refractivity (Wildman–Crippen MR) is 138 cm³/mol. The van der Waals surface area contributed by atoms with Gasteiger partial charge < -0.3 is 14.6 Å². The molecule has 2 aromatic carbocycles. The van der Waals surface area contributed by atoms with Gasteiger partial charge in [-0.15, -0.1) is 0 Å². The smallest absolute Gasteiger partial charge is 0.294 e. The number of anilines is 2. The molecule has 6 nitrogen and oxygen atoms in total. The molecule has 7 heteroatoms. The maximum Gasteiger partial charge on any atom is 0.294 e. The molecule has 1 amide bonds. The number of rotatable bonds is 6. The first-order valence-electron chi connectivity index (χ1n) is 11.3. The van der Waals surface area contributed by atoms with Crippen LogP contribution in [0.2, 0.25) is 0 Å². The molecule has 0 spiro atoms.